The van der Waals surface area contributed by atoms with Crippen LogP contribution in [0, 0.1) is 3.57 Å². The number of benzene rings is 2. The maximum absolute atomic E-state index is 10.3. The Balaban J connectivity index is 1.91. The van der Waals surface area contributed by atoms with Crippen molar-refractivity contribution < 1.29 is 5.21 Å². The second-order valence-electron chi connectivity index (χ2n) is 5.42. The Bertz CT molecular complexity index is 605. The monoisotopic (exact) mass is 394 g/mol. The summed E-state index contributed by atoms with van der Waals surface area (Å²) in [4.78, 5) is 2.35. The Labute approximate surface area is 139 Å². The first-order valence-corrected chi connectivity index (χ1v) is 8.26. The minimum atomic E-state index is -0.0741. The summed E-state index contributed by atoms with van der Waals surface area (Å²) >= 11 is 2.32. The number of hydroxylamine groups is 2. The van der Waals surface area contributed by atoms with Gasteiger partial charge in [-0.15, -0.1) is 0 Å². The van der Waals surface area contributed by atoms with Crippen LogP contribution >= 0.6 is 22.6 Å². The van der Waals surface area contributed by atoms with Gasteiger partial charge in [-0.25, -0.2) is 0 Å². The van der Waals surface area contributed by atoms with Crippen molar-refractivity contribution in [2.75, 3.05) is 13.1 Å². The van der Waals surface area contributed by atoms with Crippen molar-refractivity contribution in [3.63, 3.8) is 0 Å². The molecule has 1 aliphatic rings. The van der Waals surface area contributed by atoms with Crippen molar-refractivity contribution in [1.29, 1.82) is 0 Å². The Morgan fingerprint density at radius 1 is 1.10 bits per heavy atom. The molecule has 1 heterocycles. The molecule has 0 bridgehead atoms. The van der Waals surface area contributed by atoms with E-state index >= 15 is 0 Å². The molecular formula is C17H19IN2O. The molecule has 2 aromatic carbocycles. The normalized spacial score (nSPS) is 21.6. The van der Waals surface area contributed by atoms with E-state index in [4.69, 9.17) is 0 Å². The molecule has 21 heavy (non-hydrogen) atoms. The van der Waals surface area contributed by atoms with Gasteiger partial charge in [0.25, 0.3) is 0 Å². The highest BCUT2D eigenvalue weighted by Gasteiger charge is 2.35. The molecule has 1 saturated heterocycles. The van der Waals surface area contributed by atoms with Crippen LogP contribution in [0.3, 0.4) is 0 Å². The van der Waals surface area contributed by atoms with E-state index in [0.29, 0.717) is 6.54 Å². The van der Waals surface area contributed by atoms with Gasteiger partial charge in [0, 0.05) is 22.7 Å². The van der Waals surface area contributed by atoms with E-state index in [1.165, 1.54) is 14.2 Å². The average Bonchev–Trinajstić information content (AvgIpc) is 2.89. The zero-order chi connectivity index (χ0) is 14.8. The topological polar surface area (TPSA) is 26.7 Å². The van der Waals surface area contributed by atoms with Crippen LogP contribution in [-0.2, 0) is 0 Å². The highest BCUT2D eigenvalue weighted by atomic mass is 127. The molecule has 1 N–H and O–H groups in total. The predicted molar refractivity (Wildman–Crippen MR) is 92.0 cm³/mol. The van der Waals surface area contributed by atoms with Crippen molar-refractivity contribution in [2.24, 2.45) is 0 Å². The lowest BCUT2D eigenvalue weighted by molar-refractivity contribution is -0.132. The van der Waals surface area contributed by atoms with Gasteiger partial charge < -0.3 is 5.21 Å². The van der Waals surface area contributed by atoms with Crippen LogP contribution in [-0.4, -0.2) is 28.3 Å². The van der Waals surface area contributed by atoms with E-state index < -0.39 is 0 Å². The second kappa shape index (κ2) is 6.44. The Morgan fingerprint density at radius 3 is 2.57 bits per heavy atom. The van der Waals surface area contributed by atoms with Gasteiger partial charge in [0.05, 0.1) is 0 Å². The first-order valence-electron chi connectivity index (χ1n) is 7.18. The van der Waals surface area contributed by atoms with Gasteiger partial charge in [-0.2, -0.15) is 5.06 Å². The van der Waals surface area contributed by atoms with Crippen LogP contribution in [0.1, 0.15) is 30.3 Å². The first-order chi connectivity index (χ1) is 10.2. The summed E-state index contributed by atoms with van der Waals surface area (Å²) in [6.45, 7) is 3.74. The van der Waals surface area contributed by atoms with Gasteiger partial charge in [-0.3, -0.25) is 4.90 Å². The maximum Gasteiger partial charge on any atom is 0.113 e. The molecule has 2 atom stereocenters. The summed E-state index contributed by atoms with van der Waals surface area (Å²) in [5.74, 6) is 0. The SMILES string of the molecule is C[C@@H](c1ccccc1)N1CCN(O)C1c1cccc(I)c1. The zero-order valence-electron chi connectivity index (χ0n) is 12.0. The van der Waals surface area contributed by atoms with Crippen LogP contribution in [0.2, 0.25) is 0 Å². The minimum absolute atomic E-state index is 0.0741. The molecule has 0 aromatic heterocycles. The molecule has 110 valence electrons. The summed E-state index contributed by atoms with van der Waals surface area (Å²) in [5.41, 5.74) is 2.42. The van der Waals surface area contributed by atoms with Gasteiger partial charge in [0.2, 0.25) is 0 Å². The first kappa shape index (κ1) is 15.0. The molecule has 0 aliphatic carbocycles. The molecule has 3 rings (SSSR count). The number of nitrogens with zero attached hydrogens (tertiary/aromatic N) is 2. The van der Waals surface area contributed by atoms with Gasteiger partial charge in [-0.05, 0) is 52.8 Å². The van der Waals surface area contributed by atoms with E-state index in [9.17, 15) is 5.21 Å². The maximum atomic E-state index is 10.3. The molecule has 0 radical (unpaired) electrons. The Morgan fingerprint density at radius 2 is 1.86 bits per heavy atom. The quantitative estimate of drug-likeness (QED) is 0.796. The number of hydrogen-bond donors (Lipinski definition) is 1. The zero-order valence-corrected chi connectivity index (χ0v) is 14.1. The van der Waals surface area contributed by atoms with E-state index in [2.05, 4.69) is 82.9 Å². The van der Waals surface area contributed by atoms with Crippen molar-refractivity contribution in [1.82, 2.24) is 9.96 Å². The fourth-order valence-electron chi connectivity index (χ4n) is 2.99. The minimum Gasteiger partial charge on any atom is -0.312 e. The van der Waals surface area contributed by atoms with Crippen molar-refractivity contribution in [3.05, 3.63) is 69.3 Å². The summed E-state index contributed by atoms with van der Waals surface area (Å²) in [6.07, 6.45) is -0.0741. The number of hydrogen-bond acceptors (Lipinski definition) is 3. The van der Waals surface area contributed by atoms with E-state index in [0.717, 1.165) is 12.1 Å². The van der Waals surface area contributed by atoms with Crippen LogP contribution in [0.4, 0.5) is 0 Å². The lowest BCUT2D eigenvalue weighted by Crippen LogP contribution is -2.31. The molecule has 0 saturated carbocycles. The van der Waals surface area contributed by atoms with Gasteiger partial charge in [0.1, 0.15) is 6.17 Å². The van der Waals surface area contributed by atoms with Crippen molar-refractivity contribution >= 4 is 22.6 Å². The average molecular weight is 394 g/mol. The summed E-state index contributed by atoms with van der Waals surface area (Å²) in [6, 6.07) is 19.1. The molecular weight excluding hydrogens is 375 g/mol. The van der Waals surface area contributed by atoms with Crippen molar-refractivity contribution in [2.45, 2.75) is 19.1 Å². The molecule has 0 amide bonds. The van der Waals surface area contributed by atoms with Crippen LogP contribution in [0.5, 0.6) is 0 Å². The van der Waals surface area contributed by atoms with Gasteiger partial charge in [-0.1, -0.05) is 42.5 Å². The largest absolute Gasteiger partial charge is 0.312 e. The van der Waals surface area contributed by atoms with Crippen LogP contribution in [0.15, 0.2) is 54.6 Å². The fourth-order valence-corrected chi connectivity index (χ4v) is 3.56. The third-order valence-corrected chi connectivity index (χ3v) is 4.78. The third kappa shape index (κ3) is 3.13. The predicted octanol–water partition coefficient (Wildman–Crippen LogP) is 4.06. The molecule has 4 heteroatoms. The molecule has 3 nitrogen and oxygen atoms in total. The van der Waals surface area contributed by atoms with Gasteiger partial charge >= 0.3 is 0 Å². The molecule has 0 spiro atoms. The lowest BCUT2D eigenvalue weighted by Gasteiger charge is -2.32. The van der Waals surface area contributed by atoms with Gasteiger partial charge in [0.15, 0.2) is 0 Å². The molecule has 1 aliphatic heterocycles. The number of rotatable bonds is 3. The highest BCUT2D eigenvalue weighted by molar-refractivity contribution is 14.1. The smallest absolute Gasteiger partial charge is 0.113 e. The highest BCUT2D eigenvalue weighted by Crippen LogP contribution is 2.36. The Kier molecular flexibility index (Phi) is 4.59. The summed E-state index contributed by atoms with van der Waals surface area (Å²) < 4.78 is 1.19. The standard InChI is InChI=1S/C17H19IN2O/c1-13(14-6-3-2-4-7-14)19-10-11-20(21)17(19)15-8-5-9-16(18)12-15/h2-9,12-13,17,21H,10-11H2,1H3/t13-,17?/m0/s1. The van der Waals surface area contributed by atoms with E-state index in [1.54, 1.807) is 0 Å². The lowest BCUT2D eigenvalue weighted by atomic mass is 10.1. The molecule has 1 unspecified atom stereocenters. The molecule has 1 fully saturated rings. The van der Waals surface area contributed by atoms with Crippen LogP contribution in [0.25, 0.3) is 0 Å². The third-order valence-electron chi connectivity index (χ3n) is 4.11. The Hall–Kier alpha value is -0.950. The second-order valence-corrected chi connectivity index (χ2v) is 6.66. The van der Waals surface area contributed by atoms with Crippen LogP contribution < -0.4 is 0 Å². The van der Waals surface area contributed by atoms with Crippen molar-refractivity contribution in [3.8, 4) is 0 Å². The number of halogens is 1. The summed E-state index contributed by atoms with van der Waals surface area (Å²) in [7, 11) is 0. The van der Waals surface area contributed by atoms with E-state index in [-0.39, 0.29) is 12.2 Å². The molecule has 2 aromatic rings. The fraction of sp³-hybridized carbons (Fsp3) is 0.294. The van der Waals surface area contributed by atoms with E-state index in [1.807, 2.05) is 6.07 Å². The summed E-state index contributed by atoms with van der Waals surface area (Å²) in [5, 5.41) is 11.7.